The fraction of sp³-hybridized carbons (Fsp3) is 0.238. The number of nitrogens with zero attached hydrogens (tertiary/aromatic N) is 2. The molecule has 2 aromatic carbocycles. The lowest BCUT2D eigenvalue weighted by atomic mass is 10.2. The molecule has 29 heavy (non-hydrogen) atoms. The highest BCUT2D eigenvalue weighted by Gasteiger charge is 2.15. The highest BCUT2D eigenvalue weighted by atomic mass is 32.1. The molecule has 8 heteroatoms. The Kier molecular flexibility index (Phi) is 6.43. The summed E-state index contributed by atoms with van der Waals surface area (Å²) in [5, 5.41) is 10.9. The van der Waals surface area contributed by atoms with Crippen LogP contribution in [0.3, 0.4) is 0 Å². The summed E-state index contributed by atoms with van der Waals surface area (Å²) in [6, 6.07) is 15.0. The molecule has 3 rings (SSSR count). The Morgan fingerprint density at radius 3 is 2.52 bits per heavy atom. The van der Waals surface area contributed by atoms with E-state index in [0.717, 1.165) is 28.2 Å². The standard InChI is InChI=1S/C21H22F2N4OS/c1-13-9-10-17(18(11-13)28-20(22)23)24-21(29)25-19-14(2)26-27(15(19)3)12-16-7-5-4-6-8-16/h4-11,20H,12H2,1-3H3,(H2,24,25,29). The summed E-state index contributed by atoms with van der Waals surface area (Å²) < 4.78 is 31.9. The lowest BCUT2D eigenvalue weighted by molar-refractivity contribution is -0.0493. The number of anilines is 2. The molecule has 0 radical (unpaired) electrons. The molecule has 2 N–H and O–H groups in total. The van der Waals surface area contributed by atoms with Gasteiger partial charge in [-0.2, -0.15) is 13.9 Å². The third kappa shape index (κ3) is 5.29. The number of nitrogens with one attached hydrogen (secondary N) is 2. The molecule has 0 aliphatic carbocycles. The average Bonchev–Trinajstić information content (AvgIpc) is 2.92. The lowest BCUT2D eigenvalue weighted by Gasteiger charge is -2.15. The van der Waals surface area contributed by atoms with Crippen LogP contribution in [0.4, 0.5) is 20.2 Å². The van der Waals surface area contributed by atoms with Gasteiger partial charge in [-0.05, 0) is 56.2 Å². The van der Waals surface area contributed by atoms with Crippen molar-refractivity contribution in [2.45, 2.75) is 33.9 Å². The van der Waals surface area contributed by atoms with Crippen LogP contribution in [0, 0.1) is 20.8 Å². The van der Waals surface area contributed by atoms with Crippen LogP contribution >= 0.6 is 12.2 Å². The predicted molar refractivity (Wildman–Crippen MR) is 115 cm³/mol. The number of benzene rings is 2. The zero-order valence-corrected chi connectivity index (χ0v) is 17.2. The van der Waals surface area contributed by atoms with Crippen LogP contribution in [-0.4, -0.2) is 21.5 Å². The van der Waals surface area contributed by atoms with Crippen LogP contribution < -0.4 is 15.4 Å². The van der Waals surface area contributed by atoms with Crippen LogP contribution in [0.1, 0.15) is 22.5 Å². The molecular weight excluding hydrogens is 394 g/mol. The summed E-state index contributed by atoms with van der Waals surface area (Å²) in [6.45, 7) is 3.35. The molecular formula is C21H22F2N4OS. The number of aryl methyl sites for hydroxylation is 2. The van der Waals surface area contributed by atoms with Crippen molar-refractivity contribution in [3.05, 3.63) is 71.0 Å². The first kappa shape index (κ1) is 20.7. The first-order chi connectivity index (χ1) is 13.8. The molecule has 0 saturated carbocycles. The normalized spacial score (nSPS) is 10.8. The zero-order chi connectivity index (χ0) is 21.0. The smallest absolute Gasteiger partial charge is 0.387 e. The molecule has 3 aromatic rings. The van der Waals surface area contributed by atoms with E-state index >= 15 is 0 Å². The molecule has 5 nitrogen and oxygen atoms in total. The van der Waals surface area contributed by atoms with E-state index in [2.05, 4.69) is 20.5 Å². The van der Waals surface area contributed by atoms with Gasteiger partial charge >= 0.3 is 6.61 Å². The number of alkyl halides is 2. The Hall–Kier alpha value is -3.00. The number of halogens is 2. The second-order valence-corrected chi connectivity index (χ2v) is 7.05. The summed E-state index contributed by atoms with van der Waals surface area (Å²) in [4.78, 5) is 0. The molecule has 1 heterocycles. The largest absolute Gasteiger partial charge is 0.433 e. The van der Waals surface area contributed by atoms with E-state index < -0.39 is 6.61 Å². The zero-order valence-electron chi connectivity index (χ0n) is 16.4. The van der Waals surface area contributed by atoms with Gasteiger partial charge in [0.05, 0.1) is 29.3 Å². The second kappa shape index (κ2) is 9.00. The van der Waals surface area contributed by atoms with Gasteiger partial charge in [0.15, 0.2) is 5.11 Å². The van der Waals surface area contributed by atoms with Crippen LogP contribution in [0.2, 0.25) is 0 Å². The van der Waals surface area contributed by atoms with E-state index in [9.17, 15) is 8.78 Å². The number of aromatic nitrogens is 2. The Morgan fingerprint density at radius 1 is 1.10 bits per heavy atom. The minimum absolute atomic E-state index is 0.0392. The number of thiocarbonyl (C=S) groups is 1. The van der Waals surface area contributed by atoms with E-state index in [4.69, 9.17) is 12.2 Å². The van der Waals surface area contributed by atoms with Crippen molar-refractivity contribution < 1.29 is 13.5 Å². The van der Waals surface area contributed by atoms with Gasteiger partial charge < -0.3 is 15.4 Å². The molecule has 0 fully saturated rings. The van der Waals surface area contributed by atoms with Crippen molar-refractivity contribution in [3.63, 3.8) is 0 Å². The molecule has 0 unspecified atom stereocenters. The first-order valence-corrected chi connectivity index (χ1v) is 9.45. The maximum Gasteiger partial charge on any atom is 0.387 e. The van der Waals surface area contributed by atoms with E-state index in [0.29, 0.717) is 12.2 Å². The summed E-state index contributed by atoms with van der Waals surface area (Å²) in [6.07, 6.45) is 0. The van der Waals surface area contributed by atoms with E-state index in [1.54, 1.807) is 19.1 Å². The predicted octanol–water partition coefficient (Wildman–Crippen LogP) is 5.27. The highest BCUT2D eigenvalue weighted by Crippen LogP contribution is 2.28. The molecule has 0 aliphatic heterocycles. The van der Waals surface area contributed by atoms with Crippen molar-refractivity contribution in [2.75, 3.05) is 10.6 Å². The summed E-state index contributed by atoms with van der Waals surface area (Å²) in [7, 11) is 0. The van der Waals surface area contributed by atoms with Gasteiger partial charge in [0.1, 0.15) is 5.75 Å². The van der Waals surface area contributed by atoms with Crippen molar-refractivity contribution in [2.24, 2.45) is 0 Å². The fourth-order valence-electron chi connectivity index (χ4n) is 2.98. The van der Waals surface area contributed by atoms with Gasteiger partial charge in [0.2, 0.25) is 0 Å². The summed E-state index contributed by atoms with van der Waals surface area (Å²) in [5.41, 5.74) is 4.79. The fourth-order valence-corrected chi connectivity index (χ4v) is 3.19. The minimum Gasteiger partial charge on any atom is -0.433 e. The van der Waals surface area contributed by atoms with Gasteiger partial charge in [-0.1, -0.05) is 36.4 Å². The van der Waals surface area contributed by atoms with Crippen molar-refractivity contribution >= 4 is 28.7 Å². The van der Waals surface area contributed by atoms with Crippen LogP contribution in [0.5, 0.6) is 5.75 Å². The molecule has 0 aliphatic rings. The van der Waals surface area contributed by atoms with Crippen LogP contribution in [0.25, 0.3) is 0 Å². The molecule has 0 atom stereocenters. The number of rotatable bonds is 6. The maximum atomic E-state index is 12.7. The molecule has 0 saturated heterocycles. The molecule has 0 bridgehead atoms. The number of hydrogen-bond donors (Lipinski definition) is 2. The SMILES string of the molecule is Cc1ccc(NC(=S)Nc2c(C)nn(Cc3ccccc3)c2C)c(OC(F)F)c1. The topological polar surface area (TPSA) is 51.1 Å². The Bertz CT molecular complexity index is 1010. The van der Waals surface area contributed by atoms with Gasteiger partial charge in [-0.15, -0.1) is 0 Å². The van der Waals surface area contributed by atoms with E-state index in [1.807, 2.05) is 48.9 Å². The molecule has 1 aromatic heterocycles. The van der Waals surface area contributed by atoms with Gasteiger partial charge in [-0.3, -0.25) is 4.68 Å². The number of ether oxygens (including phenoxy) is 1. The molecule has 0 spiro atoms. The average molecular weight is 416 g/mol. The van der Waals surface area contributed by atoms with Crippen molar-refractivity contribution in [1.29, 1.82) is 0 Å². The monoisotopic (exact) mass is 416 g/mol. The van der Waals surface area contributed by atoms with Gasteiger partial charge in [-0.25, -0.2) is 0 Å². The minimum atomic E-state index is -2.92. The quantitative estimate of drug-likeness (QED) is 0.537. The molecule has 152 valence electrons. The van der Waals surface area contributed by atoms with Crippen molar-refractivity contribution in [3.8, 4) is 5.75 Å². The van der Waals surface area contributed by atoms with Crippen LogP contribution in [0.15, 0.2) is 48.5 Å². The number of hydrogen-bond acceptors (Lipinski definition) is 3. The first-order valence-electron chi connectivity index (χ1n) is 9.05. The third-order valence-corrected chi connectivity index (χ3v) is 4.60. The van der Waals surface area contributed by atoms with E-state index in [-0.39, 0.29) is 10.9 Å². The Balaban J connectivity index is 1.75. The maximum absolute atomic E-state index is 12.7. The Morgan fingerprint density at radius 2 is 1.83 bits per heavy atom. The van der Waals surface area contributed by atoms with Gasteiger partial charge in [0.25, 0.3) is 0 Å². The van der Waals surface area contributed by atoms with E-state index in [1.165, 1.54) is 6.07 Å². The van der Waals surface area contributed by atoms with Crippen LogP contribution in [-0.2, 0) is 6.54 Å². The Labute approximate surface area is 173 Å². The third-order valence-electron chi connectivity index (χ3n) is 4.40. The van der Waals surface area contributed by atoms with Gasteiger partial charge in [0, 0.05) is 0 Å². The summed E-state index contributed by atoms with van der Waals surface area (Å²) in [5.74, 6) is 0.0392. The molecule has 0 amide bonds. The second-order valence-electron chi connectivity index (χ2n) is 6.65. The van der Waals surface area contributed by atoms with Crippen molar-refractivity contribution in [1.82, 2.24) is 9.78 Å². The lowest BCUT2D eigenvalue weighted by Crippen LogP contribution is -2.21. The highest BCUT2D eigenvalue weighted by molar-refractivity contribution is 7.80. The summed E-state index contributed by atoms with van der Waals surface area (Å²) >= 11 is 5.38.